The van der Waals surface area contributed by atoms with Gasteiger partial charge in [0, 0.05) is 4.47 Å². The second kappa shape index (κ2) is 6.54. The fourth-order valence-electron chi connectivity index (χ4n) is 1.74. The third-order valence-electron chi connectivity index (χ3n) is 3.00. The van der Waals surface area contributed by atoms with E-state index in [1.807, 2.05) is 38.1 Å². The van der Waals surface area contributed by atoms with Crippen molar-refractivity contribution in [2.24, 2.45) is 5.10 Å². The van der Waals surface area contributed by atoms with Crippen molar-refractivity contribution < 1.29 is 9.90 Å². The summed E-state index contributed by atoms with van der Waals surface area (Å²) in [6, 6.07) is 12.5. The first-order valence-corrected chi connectivity index (χ1v) is 7.17. The molecule has 2 N–H and O–H groups in total. The Hall–Kier alpha value is -2.14. The summed E-state index contributed by atoms with van der Waals surface area (Å²) in [5, 5.41) is 13.7. The van der Waals surface area contributed by atoms with Gasteiger partial charge < -0.3 is 5.11 Å². The molecule has 5 heteroatoms. The van der Waals surface area contributed by atoms with E-state index in [4.69, 9.17) is 0 Å². The topological polar surface area (TPSA) is 61.7 Å². The Morgan fingerprint density at radius 1 is 1.19 bits per heavy atom. The number of phenolic OH excluding ortho intramolecular Hbond substituents is 1. The van der Waals surface area contributed by atoms with Crippen LogP contribution >= 0.6 is 15.9 Å². The van der Waals surface area contributed by atoms with Gasteiger partial charge in [0.25, 0.3) is 5.91 Å². The van der Waals surface area contributed by atoms with E-state index in [1.165, 1.54) is 6.07 Å². The number of phenols is 1. The molecular weight excluding hydrogens is 332 g/mol. The number of nitrogens with zero attached hydrogens (tertiary/aromatic N) is 1. The van der Waals surface area contributed by atoms with Gasteiger partial charge in [0.05, 0.1) is 11.3 Å². The molecule has 21 heavy (non-hydrogen) atoms. The fourth-order valence-corrected chi connectivity index (χ4v) is 2.11. The molecular formula is C16H15BrN2O2. The number of aromatic hydroxyl groups is 1. The smallest absolute Gasteiger partial charge is 0.275 e. The molecule has 108 valence electrons. The maximum absolute atomic E-state index is 12.0. The number of rotatable bonds is 3. The molecule has 2 aromatic rings. The highest BCUT2D eigenvalue weighted by Crippen LogP contribution is 2.21. The third kappa shape index (κ3) is 3.92. The Morgan fingerprint density at radius 3 is 2.52 bits per heavy atom. The van der Waals surface area contributed by atoms with E-state index < -0.39 is 5.91 Å². The van der Waals surface area contributed by atoms with Gasteiger partial charge in [0.1, 0.15) is 5.75 Å². The minimum Gasteiger partial charge on any atom is -0.507 e. The van der Waals surface area contributed by atoms with E-state index in [-0.39, 0.29) is 11.3 Å². The van der Waals surface area contributed by atoms with Crippen LogP contribution in [0.5, 0.6) is 5.75 Å². The molecule has 2 aromatic carbocycles. The Kier molecular flexibility index (Phi) is 4.75. The van der Waals surface area contributed by atoms with E-state index >= 15 is 0 Å². The first-order valence-electron chi connectivity index (χ1n) is 6.37. The quantitative estimate of drug-likeness (QED) is 0.658. The molecule has 0 heterocycles. The molecule has 4 nitrogen and oxygen atoms in total. The van der Waals surface area contributed by atoms with Crippen molar-refractivity contribution in [3.8, 4) is 5.75 Å². The maximum atomic E-state index is 12.0. The minimum absolute atomic E-state index is 0.0844. The van der Waals surface area contributed by atoms with Crippen molar-refractivity contribution in [2.75, 3.05) is 0 Å². The van der Waals surface area contributed by atoms with Crippen molar-refractivity contribution in [1.29, 1.82) is 0 Å². The minimum atomic E-state index is -0.458. The molecule has 0 radical (unpaired) electrons. The van der Waals surface area contributed by atoms with Crippen LogP contribution in [0, 0.1) is 6.92 Å². The average Bonchev–Trinajstić information content (AvgIpc) is 2.47. The summed E-state index contributed by atoms with van der Waals surface area (Å²) in [6.45, 7) is 3.82. The summed E-state index contributed by atoms with van der Waals surface area (Å²) in [6.07, 6.45) is 0. The Bertz CT molecular complexity index is 694. The largest absolute Gasteiger partial charge is 0.507 e. The Labute approximate surface area is 131 Å². The van der Waals surface area contributed by atoms with Gasteiger partial charge in [-0.1, -0.05) is 45.8 Å². The summed E-state index contributed by atoms with van der Waals surface area (Å²) in [5.41, 5.74) is 5.40. The molecule has 0 aliphatic heterocycles. The number of hydrogen-bond donors (Lipinski definition) is 2. The second-order valence-electron chi connectivity index (χ2n) is 4.67. The number of nitrogens with one attached hydrogen (secondary N) is 1. The van der Waals surface area contributed by atoms with Crippen molar-refractivity contribution in [3.05, 3.63) is 63.6 Å². The maximum Gasteiger partial charge on any atom is 0.275 e. The van der Waals surface area contributed by atoms with Gasteiger partial charge in [0.2, 0.25) is 0 Å². The van der Waals surface area contributed by atoms with Crippen LogP contribution in [0.2, 0.25) is 0 Å². The van der Waals surface area contributed by atoms with Crippen LogP contribution in [-0.4, -0.2) is 16.7 Å². The van der Waals surface area contributed by atoms with Crippen molar-refractivity contribution >= 4 is 27.5 Å². The van der Waals surface area contributed by atoms with E-state index in [0.717, 1.165) is 11.1 Å². The van der Waals surface area contributed by atoms with Crippen LogP contribution in [0.4, 0.5) is 0 Å². The van der Waals surface area contributed by atoms with Gasteiger partial charge in [-0.3, -0.25) is 4.79 Å². The number of benzene rings is 2. The Morgan fingerprint density at radius 2 is 1.86 bits per heavy atom. The number of carbonyl (C=O) groups excluding carboxylic acids is 1. The van der Waals surface area contributed by atoms with Crippen molar-refractivity contribution in [3.63, 3.8) is 0 Å². The first kappa shape index (κ1) is 15.3. The van der Waals surface area contributed by atoms with E-state index in [2.05, 4.69) is 26.5 Å². The number of hydrogen-bond acceptors (Lipinski definition) is 3. The molecule has 0 bridgehead atoms. The number of carbonyl (C=O) groups is 1. The van der Waals surface area contributed by atoms with E-state index in [0.29, 0.717) is 10.2 Å². The normalized spacial score (nSPS) is 11.3. The number of hydrazone groups is 1. The second-order valence-corrected chi connectivity index (χ2v) is 5.58. The van der Waals surface area contributed by atoms with Crippen LogP contribution in [0.1, 0.15) is 28.4 Å². The number of amides is 1. The predicted molar refractivity (Wildman–Crippen MR) is 86.7 cm³/mol. The van der Waals surface area contributed by atoms with Crippen LogP contribution in [-0.2, 0) is 0 Å². The van der Waals surface area contributed by atoms with Crippen molar-refractivity contribution in [2.45, 2.75) is 13.8 Å². The monoisotopic (exact) mass is 346 g/mol. The molecule has 0 spiro atoms. The molecule has 2 rings (SSSR count). The summed E-state index contributed by atoms with van der Waals surface area (Å²) in [4.78, 5) is 12.0. The molecule has 0 saturated heterocycles. The van der Waals surface area contributed by atoms with Gasteiger partial charge in [-0.2, -0.15) is 5.10 Å². The van der Waals surface area contributed by atoms with Gasteiger partial charge in [-0.15, -0.1) is 0 Å². The molecule has 0 unspecified atom stereocenters. The highest BCUT2D eigenvalue weighted by atomic mass is 79.9. The zero-order valence-electron chi connectivity index (χ0n) is 11.7. The third-order valence-corrected chi connectivity index (χ3v) is 3.49. The van der Waals surface area contributed by atoms with Gasteiger partial charge in [-0.05, 0) is 37.6 Å². The highest BCUT2D eigenvalue weighted by Gasteiger charge is 2.11. The lowest BCUT2D eigenvalue weighted by Crippen LogP contribution is -2.19. The lowest BCUT2D eigenvalue weighted by molar-refractivity contribution is 0.0952. The van der Waals surface area contributed by atoms with Crippen LogP contribution in [0.25, 0.3) is 0 Å². The fraction of sp³-hybridized carbons (Fsp3) is 0.125. The molecule has 0 aliphatic carbocycles. The zero-order chi connectivity index (χ0) is 15.4. The van der Waals surface area contributed by atoms with Gasteiger partial charge in [-0.25, -0.2) is 5.43 Å². The highest BCUT2D eigenvalue weighted by molar-refractivity contribution is 9.10. The Balaban J connectivity index is 2.14. The van der Waals surface area contributed by atoms with Crippen molar-refractivity contribution in [1.82, 2.24) is 5.43 Å². The molecule has 1 amide bonds. The SMILES string of the molecule is CC(=NNC(=O)c1cc(Br)ccc1O)c1ccc(C)cc1. The van der Waals surface area contributed by atoms with E-state index in [9.17, 15) is 9.90 Å². The van der Waals surface area contributed by atoms with Gasteiger partial charge >= 0.3 is 0 Å². The van der Waals surface area contributed by atoms with Crippen LogP contribution < -0.4 is 5.43 Å². The number of aryl methyl sites for hydroxylation is 1. The summed E-state index contributed by atoms with van der Waals surface area (Å²) in [5.74, 6) is -0.542. The predicted octanol–water partition coefficient (Wildman–Crippen LogP) is 3.62. The summed E-state index contributed by atoms with van der Waals surface area (Å²) < 4.78 is 0.713. The van der Waals surface area contributed by atoms with Crippen LogP contribution in [0.3, 0.4) is 0 Å². The van der Waals surface area contributed by atoms with Crippen LogP contribution in [0.15, 0.2) is 52.0 Å². The molecule has 0 aromatic heterocycles. The summed E-state index contributed by atoms with van der Waals surface area (Å²) >= 11 is 3.26. The lowest BCUT2D eigenvalue weighted by Gasteiger charge is -2.05. The molecule has 0 saturated carbocycles. The number of halogens is 1. The first-order chi connectivity index (χ1) is 9.97. The molecule has 0 aliphatic rings. The summed E-state index contributed by atoms with van der Waals surface area (Å²) in [7, 11) is 0. The standard InChI is InChI=1S/C16H15BrN2O2/c1-10-3-5-12(6-4-10)11(2)18-19-16(21)14-9-13(17)7-8-15(14)20/h3-9,20H,1-2H3,(H,19,21). The molecule has 0 fully saturated rings. The lowest BCUT2D eigenvalue weighted by atomic mass is 10.1. The zero-order valence-corrected chi connectivity index (χ0v) is 13.3. The average molecular weight is 347 g/mol. The van der Waals surface area contributed by atoms with E-state index in [1.54, 1.807) is 12.1 Å². The molecule has 0 atom stereocenters. The van der Waals surface area contributed by atoms with Gasteiger partial charge in [0.15, 0.2) is 0 Å².